The summed E-state index contributed by atoms with van der Waals surface area (Å²) in [4.78, 5) is 14.6. The van der Waals surface area contributed by atoms with Crippen LogP contribution in [-0.4, -0.2) is 38.8 Å². The first-order chi connectivity index (χ1) is 12.8. The summed E-state index contributed by atoms with van der Waals surface area (Å²) in [6, 6.07) is 15.5. The first-order valence-electron chi connectivity index (χ1n) is 8.90. The third-order valence-corrected chi connectivity index (χ3v) is 4.15. The number of nitrogens with zero attached hydrogens (tertiary/aromatic N) is 1. The fourth-order valence-electron chi connectivity index (χ4n) is 2.90. The lowest BCUT2D eigenvalue weighted by Gasteiger charge is -2.30. The molecular formula is C21H24N2O3. The highest BCUT2D eigenvalue weighted by Crippen LogP contribution is 2.26. The van der Waals surface area contributed by atoms with Gasteiger partial charge in [0.05, 0.1) is 31.2 Å². The molecule has 5 nitrogen and oxygen atoms in total. The monoisotopic (exact) mass is 352 g/mol. The van der Waals surface area contributed by atoms with Gasteiger partial charge in [0, 0.05) is 24.7 Å². The van der Waals surface area contributed by atoms with Crippen molar-refractivity contribution in [3.63, 3.8) is 0 Å². The molecule has 0 aromatic heterocycles. The molecular weight excluding hydrogens is 328 g/mol. The number of carbonyl (C=O) groups is 1. The zero-order valence-electron chi connectivity index (χ0n) is 15.0. The van der Waals surface area contributed by atoms with E-state index in [2.05, 4.69) is 10.2 Å². The molecule has 3 rings (SSSR count). The Morgan fingerprint density at radius 1 is 1.15 bits per heavy atom. The predicted molar refractivity (Wildman–Crippen MR) is 105 cm³/mol. The van der Waals surface area contributed by atoms with Crippen molar-refractivity contribution >= 4 is 23.4 Å². The number of rotatable bonds is 6. The maximum Gasteiger partial charge on any atom is 0.248 e. The topological polar surface area (TPSA) is 50.8 Å². The van der Waals surface area contributed by atoms with Crippen LogP contribution in [0.25, 0.3) is 6.08 Å². The van der Waals surface area contributed by atoms with Crippen LogP contribution in [0.1, 0.15) is 12.5 Å². The van der Waals surface area contributed by atoms with Crippen LogP contribution < -0.4 is 15.0 Å². The first kappa shape index (κ1) is 18.0. The highest BCUT2D eigenvalue weighted by Gasteiger charge is 2.15. The van der Waals surface area contributed by atoms with Crippen molar-refractivity contribution in [3.05, 3.63) is 60.2 Å². The molecule has 136 valence electrons. The van der Waals surface area contributed by atoms with Gasteiger partial charge in [0.1, 0.15) is 5.75 Å². The van der Waals surface area contributed by atoms with Gasteiger partial charge in [0.2, 0.25) is 5.91 Å². The molecule has 26 heavy (non-hydrogen) atoms. The second-order valence-electron chi connectivity index (χ2n) is 5.91. The van der Waals surface area contributed by atoms with Gasteiger partial charge in [-0.05, 0) is 31.2 Å². The number of carbonyl (C=O) groups excluding carboxylic acids is 1. The molecule has 1 saturated heterocycles. The zero-order valence-corrected chi connectivity index (χ0v) is 15.0. The van der Waals surface area contributed by atoms with Crippen LogP contribution in [0.15, 0.2) is 54.6 Å². The highest BCUT2D eigenvalue weighted by atomic mass is 16.5. The van der Waals surface area contributed by atoms with E-state index in [1.807, 2.05) is 55.5 Å². The van der Waals surface area contributed by atoms with Crippen LogP contribution in [0, 0.1) is 0 Å². The molecule has 1 fully saturated rings. The number of amides is 1. The predicted octanol–water partition coefficient (Wildman–Crippen LogP) is 3.57. The minimum Gasteiger partial charge on any atom is -0.493 e. The number of benzene rings is 2. The standard InChI is InChI=1S/C21H24N2O3/c1-2-26-20-10-6-3-7-17(20)11-12-21(24)22-18-8-4-5-9-19(18)23-13-15-25-16-14-23/h3-12H,2,13-16H2,1H3,(H,22,24). The lowest BCUT2D eigenvalue weighted by molar-refractivity contribution is -0.111. The Morgan fingerprint density at radius 3 is 2.69 bits per heavy atom. The third kappa shape index (κ3) is 4.64. The molecule has 2 aromatic carbocycles. The van der Waals surface area contributed by atoms with E-state index in [4.69, 9.17) is 9.47 Å². The van der Waals surface area contributed by atoms with Crippen molar-refractivity contribution < 1.29 is 14.3 Å². The second-order valence-corrected chi connectivity index (χ2v) is 5.91. The molecule has 0 aliphatic carbocycles. The molecule has 1 aliphatic heterocycles. The molecule has 0 bridgehead atoms. The van der Waals surface area contributed by atoms with E-state index >= 15 is 0 Å². The van der Waals surface area contributed by atoms with Crippen molar-refractivity contribution in [2.24, 2.45) is 0 Å². The Morgan fingerprint density at radius 2 is 1.88 bits per heavy atom. The van der Waals surface area contributed by atoms with Gasteiger partial charge in [-0.3, -0.25) is 4.79 Å². The van der Waals surface area contributed by atoms with Crippen molar-refractivity contribution in [2.45, 2.75) is 6.92 Å². The third-order valence-electron chi connectivity index (χ3n) is 4.15. The molecule has 0 unspecified atom stereocenters. The highest BCUT2D eigenvalue weighted by molar-refractivity contribution is 6.04. The summed E-state index contributed by atoms with van der Waals surface area (Å²) < 4.78 is 11.0. The zero-order chi connectivity index (χ0) is 18.2. The van der Waals surface area contributed by atoms with E-state index in [9.17, 15) is 4.79 Å². The Labute approximate surface area is 154 Å². The smallest absolute Gasteiger partial charge is 0.248 e. The van der Waals surface area contributed by atoms with Gasteiger partial charge in [-0.15, -0.1) is 0 Å². The van der Waals surface area contributed by atoms with Crippen LogP contribution >= 0.6 is 0 Å². The summed E-state index contributed by atoms with van der Waals surface area (Å²) in [6.07, 6.45) is 3.31. The van der Waals surface area contributed by atoms with Gasteiger partial charge in [0.15, 0.2) is 0 Å². The van der Waals surface area contributed by atoms with Gasteiger partial charge in [-0.2, -0.15) is 0 Å². The molecule has 0 saturated carbocycles. The second kappa shape index (κ2) is 9.06. The van der Waals surface area contributed by atoms with Crippen molar-refractivity contribution in [1.29, 1.82) is 0 Å². The van der Waals surface area contributed by atoms with Gasteiger partial charge >= 0.3 is 0 Å². The van der Waals surface area contributed by atoms with E-state index < -0.39 is 0 Å². The molecule has 5 heteroatoms. The Balaban J connectivity index is 1.71. The SMILES string of the molecule is CCOc1ccccc1C=CC(=O)Nc1ccccc1N1CCOCC1. The number of ether oxygens (including phenoxy) is 2. The summed E-state index contributed by atoms with van der Waals surface area (Å²) in [6.45, 7) is 5.58. The van der Waals surface area contributed by atoms with E-state index in [1.54, 1.807) is 6.08 Å². The number of nitrogens with one attached hydrogen (secondary N) is 1. The summed E-state index contributed by atoms with van der Waals surface area (Å²) in [5.74, 6) is 0.602. The fourth-order valence-corrected chi connectivity index (χ4v) is 2.90. The molecule has 1 amide bonds. The minimum atomic E-state index is -0.169. The van der Waals surface area contributed by atoms with E-state index in [1.165, 1.54) is 6.08 Å². The summed E-state index contributed by atoms with van der Waals surface area (Å²) in [5, 5.41) is 2.98. The van der Waals surface area contributed by atoms with Gasteiger partial charge in [-0.25, -0.2) is 0 Å². The number of hydrogen-bond acceptors (Lipinski definition) is 4. The Bertz CT molecular complexity index is 767. The number of morpholine rings is 1. The minimum absolute atomic E-state index is 0.169. The number of anilines is 2. The first-order valence-corrected chi connectivity index (χ1v) is 8.90. The van der Waals surface area contributed by atoms with Crippen LogP contribution in [0.4, 0.5) is 11.4 Å². The van der Waals surface area contributed by atoms with Crippen LogP contribution in [-0.2, 0) is 9.53 Å². The van der Waals surface area contributed by atoms with E-state index in [0.717, 1.165) is 35.8 Å². The molecule has 1 heterocycles. The van der Waals surface area contributed by atoms with Crippen molar-refractivity contribution in [3.8, 4) is 5.75 Å². The van der Waals surface area contributed by atoms with Crippen molar-refractivity contribution in [2.75, 3.05) is 43.1 Å². The summed E-state index contributed by atoms with van der Waals surface area (Å²) in [7, 11) is 0. The lowest BCUT2D eigenvalue weighted by atomic mass is 10.2. The molecule has 1 aliphatic rings. The van der Waals surface area contributed by atoms with E-state index in [0.29, 0.717) is 19.8 Å². The van der Waals surface area contributed by atoms with Gasteiger partial charge in [-0.1, -0.05) is 30.3 Å². The average molecular weight is 352 g/mol. The average Bonchev–Trinajstić information content (AvgIpc) is 2.69. The molecule has 0 spiro atoms. The van der Waals surface area contributed by atoms with Gasteiger partial charge in [0.25, 0.3) is 0 Å². The largest absolute Gasteiger partial charge is 0.493 e. The quantitative estimate of drug-likeness (QED) is 0.808. The maximum absolute atomic E-state index is 12.4. The Hall–Kier alpha value is -2.79. The molecule has 1 N–H and O–H groups in total. The molecule has 2 aromatic rings. The molecule has 0 radical (unpaired) electrons. The number of hydrogen-bond donors (Lipinski definition) is 1. The van der Waals surface area contributed by atoms with Crippen molar-refractivity contribution in [1.82, 2.24) is 0 Å². The normalized spacial score (nSPS) is 14.4. The summed E-state index contributed by atoms with van der Waals surface area (Å²) >= 11 is 0. The van der Waals surface area contributed by atoms with Crippen LogP contribution in [0.3, 0.4) is 0 Å². The van der Waals surface area contributed by atoms with Gasteiger partial charge < -0.3 is 19.7 Å². The van der Waals surface area contributed by atoms with Crippen LogP contribution in [0.5, 0.6) is 5.75 Å². The number of para-hydroxylation sites is 3. The maximum atomic E-state index is 12.4. The molecule has 0 atom stereocenters. The van der Waals surface area contributed by atoms with E-state index in [-0.39, 0.29) is 5.91 Å². The fraction of sp³-hybridized carbons (Fsp3) is 0.286. The summed E-state index contributed by atoms with van der Waals surface area (Å²) in [5.41, 5.74) is 2.71. The Kier molecular flexibility index (Phi) is 6.28. The van der Waals surface area contributed by atoms with Crippen LogP contribution in [0.2, 0.25) is 0 Å². The lowest BCUT2D eigenvalue weighted by Crippen LogP contribution is -2.36.